The van der Waals surface area contributed by atoms with Gasteiger partial charge in [-0.3, -0.25) is 0 Å². The van der Waals surface area contributed by atoms with E-state index in [0.29, 0.717) is 6.61 Å². The van der Waals surface area contributed by atoms with E-state index in [0.717, 1.165) is 11.1 Å². The largest absolute Gasteiger partial charge is 0.376 e. The second-order valence-electron chi connectivity index (χ2n) is 5.77. The minimum atomic E-state index is 0.277. The first-order valence-corrected chi connectivity index (χ1v) is 7.87. The van der Waals surface area contributed by atoms with Crippen molar-refractivity contribution in [1.29, 1.82) is 0 Å². The summed E-state index contributed by atoms with van der Waals surface area (Å²) in [5.41, 5.74) is 4.25. The van der Waals surface area contributed by atoms with Gasteiger partial charge in [0.1, 0.15) is 0 Å². The molecule has 1 fully saturated rings. The lowest BCUT2D eigenvalue weighted by Gasteiger charge is -2.16. The Morgan fingerprint density at radius 3 is 2.50 bits per heavy atom. The van der Waals surface area contributed by atoms with Crippen molar-refractivity contribution in [2.45, 2.75) is 31.8 Å². The Balaban J connectivity index is 1.59. The highest BCUT2D eigenvalue weighted by Gasteiger charge is 2.44. The molecule has 0 atom stereocenters. The molecule has 0 aromatic heterocycles. The summed E-state index contributed by atoms with van der Waals surface area (Å²) in [6.45, 7) is 3.64. The zero-order chi connectivity index (χ0) is 14.0. The molecule has 0 saturated heterocycles. The third kappa shape index (κ3) is 3.13. The molecule has 0 spiro atoms. The molecule has 2 heteroatoms. The fourth-order valence-corrected chi connectivity index (χ4v) is 3.01. The number of ether oxygens (including phenoxy) is 1. The minimum Gasteiger partial charge on any atom is -0.376 e. The maximum atomic E-state index is 5.97. The standard InChI is InChI=1S/C18H19BrO/c1-14-5-7-16(8-6-14)18(9-10-18)13-20-12-15-3-2-4-17(19)11-15/h2-8,11H,9-10,12-13H2,1H3. The number of rotatable bonds is 5. The van der Waals surface area contributed by atoms with Crippen LogP contribution in [0.15, 0.2) is 53.0 Å². The van der Waals surface area contributed by atoms with Crippen molar-refractivity contribution < 1.29 is 4.74 Å². The summed E-state index contributed by atoms with van der Waals surface area (Å²) in [5, 5.41) is 0. The molecular formula is C18H19BrO. The molecule has 0 radical (unpaired) electrons. The van der Waals surface area contributed by atoms with E-state index in [4.69, 9.17) is 4.74 Å². The first-order chi connectivity index (χ1) is 9.68. The number of halogens is 1. The molecule has 1 aliphatic rings. The molecule has 0 heterocycles. The van der Waals surface area contributed by atoms with Gasteiger partial charge in [-0.25, -0.2) is 0 Å². The van der Waals surface area contributed by atoms with Gasteiger partial charge in [-0.1, -0.05) is 57.9 Å². The molecular weight excluding hydrogens is 312 g/mol. The van der Waals surface area contributed by atoms with E-state index in [1.165, 1.54) is 29.5 Å². The minimum absolute atomic E-state index is 0.277. The van der Waals surface area contributed by atoms with Crippen LogP contribution < -0.4 is 0 Å². The Labute approximate surface area is 129 Å². The lowest BCUT2D eigenvalue weighted by Crippen LogP contribution is -2.15. The van der Waals surface area contributed by atoms with Crippen LogP contribution in [0.4, 0.5) is 0 Å². The van der Waals surface area contributed by atoms with Crippen LogP contribution in [0, 0.1) is 6.92 Å². The summed E-state index contributed by atoms with van der Waals surface area (Å²) in [5.74, 6) is 0. The SMILES string of the molecule is Cc1ccc(C2(COCc3cccc(Br)c3)CC2)cc1. The number of hydrogen-bond donors (Lipinski definition) is 0. The van der Waals surface area contributed by atoms with Crippen LogP contribution in [0.3, 0.4) is 0 Å². The molecule has 1 nitrogen and oxygen atoms in total. The van der Waals surface area contributed by atoms with Gasteiger partial charge in [-0.05, 0) is 43.0 Å². The number of hydrogen-bond acceptors (Lipinski definition) is 1. The number of benzene rings is 2. The Kier molecular flexibility index (Phi) is 3.95. The fourth-order valence-electron chi connectivity index (χ4n) is 2.57. The van der Waals surface area contributed by atoms with Gasteiger partial charge in [0.2, 0.25) is 0 Å². The highest BCUT2D eigenvalue weighted by atomic mass is 79.9. The Morgan fingerprint density at radius 2 is 1.85 bits per heavy atom. The van der Waals surface area contributed by atoms with Crippen molar-refractivity contribution in [3.63, 3.8) is 0 Å². The maximum absolute atomic E-state index is 5.97. The zero-order valence-electron chi connectivity index (χ0n) is 11.7. The quantitative estimate of drug-likeness (QED) is 0.749. The molecule has 3 rings (SSSR count). The number of aryl methyl sites for hydroxylation is 1. The van der Waals surface area contributed by atoms with Gasteiger partial charge in [0.05, 0.1) is 13.2 Å². The zero-order valence-corrected chi connectivity index (χ0v) is 13.3. The average Bonchev–Trinajstić information content (AvgIpc) is 3.21. The van der Waals surface area contributed by atoms with Crippen LogP contribution in [0.2, 0.25) is 0 Å². The highest BCUT2D eigenvalue weighted by molar-refractivity contribution is 9.10. The van der Waals surface area contributed by atoms with E-state index < -0.39 is 0 Å². The Hall–Kier alpha value is -1.12. The first kappa shape index (κ1) is 13.8. The van der Waals surface area contributed by atoms with Crippen molar-refractivity contribution >= 4 is 15.9 Å². The molecule has 0 bridgehead atoms. The van der Waals surface area contributed by atoms with Crippen molar-refractivity contribution in [1.82, 2.24) is 0 Å². The van der Waals surface area contributed by atoms with Gasteiger partial charge in [0.15, 0.2) is 0 Å². The van der Waals surface area contributed by atoms with Crippen molar-refractivity contribution in [3.8, 4) is 0 Å². The van der Waals surface area contributed by atoms with Crippen LogP contribution in [0.1, 0.15) is 29.5 Å². The summed E-state index contributed by atoms with van der Waals surface area (Å²) in [7, 11) is 0. The van der Waals surface area contributed by atoms with Crippen LogP contribution in [-0.4, -0.2) is 6.61 Å². The van der Waals surface area contributed by atoms with Crippen molar-refractivity contribution in [2.75, 3.05) is 6.61 Å². The lowest BCUT2D eigenvalue weighted by molar-refractivity contribution is 0.100. The first-order valence-electron chi connectivity index (χ1n) is 7.07. The van der Waals surface area contributed by atoms with E-state index in [-0.39, 0.29) is 5.41 Å². The fraction of sp³-hybridized carbons (Fsp3) is 0.333. The summed E-state index contributed by atoms with van der Waals surface area (Å²) in [6, 6.07) is 17.2. The molecule has 0 N–H and O–H groups in total. The summed E-state index contributed by atoms with van der Waals surface area (Å²) in [4.78, 5) is 0. The maximum Gasteiger partial charge on any atom is 0.0717 e. The second kappa shape index (κ2) is 5.71. The van der Waals surface area contributed by atoms with Crippen LogP contribution >= 0.6 is 15.9 Å². The average molecular weight is 331 g/mol. The van der Waals surface area contributed by atoms with Gasteiger partial charge in [-0.15, -0.1) is 0 Å². The molecule has 1 aliphatic carbocycles. The van der Waals surface area contributed by atoms with Crippen LogP contribution in [-0.2, 0) is 16.8 Å². The summed E-state index contributed by atoms with van der Waals surface area (Å²) < 4.78 is 7.08. The van der Waals surface area contributed by atoms with Gasteiger partial charge in [0, 0.05) is 9.89 Å². The molecule has 20 heavy (non-hydrogen) atoms. The van der Waals surface area contributed by atoms with E-state index in [1.54, 1.807) is 0 Å². The van der Waals surface area contributed by atoms with Crippen LogP contribution in [0.25, 0.3) is 0 Å². The highest BCUT2D eigenvalue weighted by Crippen LogP contribution is 2.48. The van der Waals surface area contributed by atoms with Crippen molar-refractivity contribution in [3.05, 3.63) is 69.7 Å². The summed E-state index contributed by atoms with van der Waals surface area (Å²) >= 11 is 3.49. The predicted molar refractivity (Wildman–Crippen MR) is 85.9 cm³/mol. The molecule has 2 aromatic rings. The molecule has 1 saturated carbocycles. The van der Waals surface area contributed by atoms with Gasteiger partial charge in [-0.2, -0.15) is 0 Å². The van der Waals surface area contributed by atoms with Crippen molar-refractivity contribution in [2.24, 2.45) is 0 Å². The third-order valence-electron chi connectivity index (χ3n) is 4.05. The smallest absolute Gasteiger partial charge is 0.0717 e. The predicted octanol–water partition coefficient (Wildman–Crippen LogP) is 5.01. The monoisotopic (exact) mass is 330 g/mol. The van der Waals surface area contributed by atoms with Gasteiger partial charge < -0.3 is 4.74 Å². The summed E-state index contributed by atoms with van der Waals surface area (Å²) in [6.07, 6.45) is 2.49. The van der Waals surface area contributed by atoms with Crippen LogP contribution in [0.5, 0.6) is 0 Å². The van der Waals surface area contributed by atoms with E-state index in [2.05, 4.69) is 65.3 Å². The van der Waals surface area contributed by atoms with E-state index in [9.17, 15) is 0 Å². The lowest BCUT2D eigenvalue weighted by atomic mass is 9.96. The molecule has 0 amide bonds. The Bertz CT molecular complexity index is 585. The van der Waals surface area contributed by atoms with Gasteiger partial charge in [0.25, 0.3) is 0 Å². The molecule has 2 aromatic carbocycles. The molecule has 104 valence electrons. The second-order valence-corrected chi connectivity index (χ2v) is 6.68. The Morgan fingerprint density at radius 1 is 1.10 bits per heavy atom. The van der Waals surface area contributed by atoms with Gasteiger partial charge >= 0.3 is 0 Å². The van der Waals surface area contributed by atoms with E-state index in [1.807, 2.05) is 6.07 Å². The molecule has 0 unspecified atom stereocenters. The molecule has 0 aliphatic heterocycles. The van der Waals surface area contributed by atoms with E-state index >= 15 is 0 Å². The topological polar surface area (TPSA) is 9.23 Å². The third-order valence-corrected chi connectivity index (χ3v) is 4.55. The normalized spacial score (nSPS) is 16.1.